The maximum Gasteiger partial charge on any atom is 0.0991 e. The minimum Gasteiger partial charge on any atom is -0.308 e. The Morgan fingerprint density at radius 1 is 0.442 bits per heavy atom. The normalized spacial score (nSPS) is 11.7. The van der Waals surface area contributed by atoms with Crippen LogP contribution in [0.15, 0.2) is 146 Å². The van der Waals surface area contributed by atoms with Gasteiger partial charge in [0.25, 0.3) is 0 Å². The Bertz CT molecular complexity index is 2610. The standard InChI is InChI=1S/C41H24N2/c42-25-26-17-19-28(20-18-26)29-23-24-38(32-12-4-3-11-31(29)32)43-37-16-8-7-15-35(37)40-34-14-6-5-13-33(34)39-30-10-2-1-9-27(30)21-22-36(39)41(40)43/h1-24H. The van der Waals surface area contributed by atoms with Crippen molar-refractivity contribution in [2.45, 2.75) is 0 Å². The first kappa shape index (κ1) is 23.8. The largest absolute Gasteiger partial charge is 0.308 e. The van der Waals surface area contributed by atoms with Crippen LogP contribution in [0.25, 0.3) is 81.7 Å². The van der Waals surface area contributed by atoms with Crippen LogP contribution in [-0.4, -0.2) is 4.57 Å². The molecule has 1 aromatic heterocycles. The third-order valence-electron chi connectivity index (χ3n) is 8.99. The Morgan fingerprint density at radius 3 is 1.84 bits per heavy atom. The third-order valence-corrected chi connectivity index (χ3v) is 8.99. The highest BCUT2D eigenvalue weighted by molar-refractivity contribution is 6.36. The van der Waals surface area contributed by atoms with Gasteiger partial charge in [-0.2, -0.15) is 5.26 Å². The molecule has 0 aliphatic rings. The lowest BCUT2D eigenvalue weighted by Crippen LogP contribution is -1.97. The first-order valence-corrected chi connectivity index (χ1v) is 14.6. The van der Waals surface area contributed by atoms with Crippen molar-refractivity contribution in [3.8, 4) is 22.9 Å². The van der Waals surface area contributed by atoms with E-state index in [1.54, 1.807) is 0 Å². The van der Waals surface area contributed by atoms with Crippen LogP contribution >= 0.6 is 0 Å². The second-order valence-electron chi connectivity index (χ2n) is 11.2. The van der Waals surface area contributed by atoms with Crippen LogP contribution in [0.4, 0.5) is 0 Å². The average molecular weight is 545 g/mol. The maximum absolute atomic E-state index is 9.33. The number of aromatic nitrogens is 1. The molecule has 0 saturated heterocycles. The van der Waals surface area contributed by atoms with Gasteiger partial charge in [-0.05, 0) is 67.7 Å². The Labute approximate surface area is 248 Å². The summed E-state index contributed by atoms with van der Waals surface area (Å²) < 4.78 is 2.49. The van der Waals surface area contributed by atoms with Crippen molar-refractivity contribution in [3.63, 3.8) is 0 Å². The monoisotopic (exact) mass is 544 g/mol. The zero-order chi connectivity index (χ0) is 28.5. The molecule has 0 amide bonds. The SMILES string of the molecule is N#Cc1ccc(-c2ccc(-n3c4ccccc4c4c5ccccc5c5c6ccccc6ccc5c43)c3ccccc23)cc1. The molecule has 43 heavy (non-hydrogen) atoms. The molecule has 2 heteroatoms. The van der Waals surface area contributed by atoms with Crippen molar-refractivity contribution in [3.05, 3.63) is 151 Å². The lowest BCUT2D eigenvalue weighted by Gasteiger charge is -2.17. The van der Waals surface area contributed by atoms with E-state index in [4.69, 9.17) is 0 Å². The number of hydrogen-bond donors (Lipinski definition) is 0. The molecule has 0 atom stereocenters. The van der Waals surface area contributed by atoms with Gasteiger partial charge in [0.2, 0.25) is 0 Å². The molecule has 2 nitrogen and oxygen atoms in total. The van der Waals surface area contributed by atoms with Crippen LogP contribution in [0, 0.1) is 11.3 Å². The van der Waals surface area contributed by atoms with Gasteiger partial charge < -0.3 is 4.57 Å². The highest BCUT2D eigenvalue weighted by atomic mass is 15.0. The van der Waals surface area contributed by atoms with E-state index in [0.717, 1.165) is 16.8 Å². The van der Waals surface area contributed by atoms with Gasteiger partial charge in [0.05, 0.1) is 28.4 Å². The van der Waals surface area contributed by atoms with E-state index in [9.17, 15) is 5.26 Å². The van der Waals surface area contributed by atoms with E-state index in [1.165, 1.54) is 64.9 Å². The number of hydrogen-bond acceptors (Lipinski definition) is 1. The summed E-state index contributed by atoms with van der Waals surface area (Å²) in [4.78, 5) is 0. The minimum absolute atomic E-state index is 0.668. The maximum atomic E-state index is 9.33. The van der Waals surface area contributed by atoms with E-state index in [1.807, 2.05) is 24.3 Å². The lowest BCUT2D eigenvalue weighted by atomic mass is 9.93. The molecular formula is C41H24N2. The molecule has 9 aromatic rings. The predicted octanol–water partition coefficient (Wildman–Crippen LogP) is 10.9. The van der Waals surface area contributed by atoms with Crippen molar-refractivity contribution in [2.24, 2.45) is 0 Å². The molecule has 0 radical (unpaired) electrons. The van der Waals surface area contributed by atoms with Gasteiger partial charge in [-0.1, -0.05) is 121 Å². The second-order valence-corrected chi connectivity index (χ2v) is 11.2. The van der Waals surface area contributed by atoms with E-state index in [0.29, 0.717) is 5.56 Å². The zero-order valence-corrected chi connectivity index (χ0v) is 23.3. The van der Waals surface area contributed by atoms with Crippen molar-refractivity contribution in [2.75, 3.05) is 0 Å². The zero-order valence-electron chi connectivity index (χ0n) is 23.3. The van der Waals surface area contributed by atoms with Crippen LogP contribution in [0.5, 0.6) is 0 Å². The second kappa shape index (κ2) is 9.05. The molecule has 0 unspecified atom stereocenters. The van der Waals surface area contributed by atoms with E-state index < -0.39 is 0 Å². The van der Waals surface area contributed by atoms with Gasteiger partial charge >= 0.3 is 0 Å². The summed E-state index contributed by atoms with van der Waals surface area (Å²) in [6.07, 6.45) is 0. The molecule has 8 aromatic carbocycles. The summed E-state index contributed by atoms with van der Waals surface area (Å²) in [5.74, 6) is 0. The summed E-state index contributed by atoms with van der Waals surface area (Å²) in [5.41, 5.74) is 6.51. The van der Waals surface area contributed by atoms with E-state index in [2.05, 4.69) is 132 Å². The molecule has 0 fully saturated rings. The number of nitriles is 1. The third kappa shape index (κ3) is 3.34. The molecule has 0 aliphatic heterocycles. The minimum atomic E-state index is 0.668. The number of nitrogens with zero attached hydrogens (tertiary/aromatic N) is 2. The van der Waals surface area contributed by atoms with Gasteiger partial charge in [-0.15, -0.1) is 0 Å². The van der Waals surface area contributed by atoms with Gasteiger partial charge in [0.15, 0.2) is 0 Å². The van der Waals surface area contributed by atoms with Crippen molar-refractivity contribution in [1.29, 1.82) is 5.26 Å². The highest BCUT2D eigenvalue weighted by Crippen LogP contribution is 2.45. The highest BCUT2D eigenvalue weighted by Gasteiger charge is 2.21. The van der Waals surface area contributed by atoms with Crippen molar-refractivity contribution in [1.82, 2.24) is 4.57 Å². The van der Waals surface area contributed by atoms with Gasteiger partial charge in [-0.3, -0.25) is 0 Å². The summed E-state index contributed by atoms with van der Waals surface area (Å²) in [5, 5.41) is 21.9. The summed E-state index contributed by atoms with van der Waals surface area (Å²) >= 11 is 0. The van der Waals surface area contributed by atoms with E-state index in [-0.39, 0.29) is 0 Å². The van der Waals surface area contributed by atoms with Crippen molar-refractivity contribution >= 4 is 64.9 Å². The summed E-state index contributed by atoms with van der Waals surface area (Å²) in [7, 11) is 0. The Balaban J connectivity index is 1.48. The quantitative estimate of drug-likeness (QED) is 0.199. The number of fused-ring (bicyclic) bond motifs is 11. The molecule has 0 aliphatic carbocycles. The molecular weight excluding hydrogens is 520 g/mol. The fourth-order valence-corrected chi connectivity index (χ4v) is 7.15. The first-order chi connectivity index (χ1) is 21.3. The van der Waals surface area contributed by atoms with Crippen LogP contribution < -0.4 is 0 Å². The Hall–Kier alpha value is -5.91. The first-order valence-electron chi connectivity index (χ1n) is 14.6. The molecule has 0 saturated carbocycles. The molecule has 1 heterocycles. The van der Waals surface area contributed by atoms with Crippen LogP contribution in [0.2, 0.25) is 0 Å². The Kier molecular flexibility index (Phi) is 5.00. The molecule has 0 N–H and O–H groups in total. The fourth-order valence-electron chi connectivity index (χ4n) is 7.15. The summed E-state index contributed by atoms with van der Waals surface area (Å²) in [6.45, 7) is 0. The molecule has 0 bridgehead atoms. The van der Waals surface area contributed by atoms with Gasteiger partial charge in [-0.25, -0.2) is 0 Å². The van der Waals surface area contributed by atoms with Crippen molar-refractivity contribution < 1.29 is 0 Å². The van der Waals surface area contributed by atoms with Gasteiger partial charge in [0, 0.05) is 21.5 Å². The van der Waals surface area contributed by atoms with E-state index >= 15 is 0 Å². The average Bonchev–Trinajstić information content (AvgIpc) is 3.43. The predicted molar refractivity (Wildman–Crippen MR) is 181 cm³/mol. The topological polar surface area (TPSA) is 28.7 Å². The van der Waals surface area contributed by atoms with Crippen LogP contribution in [-0.2, 0) is 0 Å². The van der Waals surface area contributed by atoms with Gasteiger partial charge in [0.1, 0.15) is 0 Å². The summed E-state index contributed by atoms with van der Waals surface area (Å²) in [6, 6.07) is 54.3. The Morgan fingerprint density at radius 2 is 1.07 bits per heavy atom. The lowest BCUT2D eigenvalue weighted by molar-refractivity contribution is 1.21. The molecule has 0 spiro atoms. The molecule has 9 rings (SSSR count). The number of benzene rings is 8. The van der Waals surface area contributed by atoms with Crippen LogP contribution in [0.1, 0.15) is 5.56 Å². The number of para-hydroxylation sites is 1. The smallest absolute Gasteiger partial charge is 0.0991 e. The number of rotatable bonds is 2. The molecule has 198 valence electrons. The fraction of sp³-hybridized carbons (Fsp3) is 0. The van der Waals surface area contributed by atoms with Crippen LogP contribution in [0.3, 0.4) is 0 Å².